The molecule has 0 amide bonds. The third kappa shape index (κ3) is 1.55. The summed E-state index contributed by atoms with van der Waals surface area (Å²) >= 11 is 0. The number of aryl methyl sites for hydroxylation is 2. The SMILES string of the molecule is Cc1nn(C)c(S(C)(=O)=O)c1C#N. The smallest absolute Gasteiger partial charge is 0.193 e. The molecule has 6 heteroatoms. The van der Waals surface area contributed by atoms with Crippen LogP contribution in [0.2, 0.25) is 0 Å². The average Bonchev–Trinajstić information content (AvgIpc) is 2.23. The van der Waals surface area contributed by atoms with Crippen molar-refractivity contribution in [2.75, 3.05) is 6.26 Å². The van der Waals surface area contributed by atoms with Crippen LogP contribution in [0.1, 0.15) is 11.3 Å². The molecule has 0 atom stereocenters. The minimum absolute atomic E-state index is 0.0208. The fourth-order valence-electron chi connectivity index (χ4n) is 1.19. The first-order valence-electron chi connectivity index (χ1n) is 3.51. The number of rotatable bonds is 1. The molecular formula is C7H9N3O2S. The molecule has 0 aliphatic carbocycles. The van der Waals surface area contributed by atoms with Gasteiger partial charge in [-0.25, -0.2) is 8.42 Å². The van der Waals surface area contributed by atoms with E-state index in [9.17, 15) is 8.42 Å². The minimum Gasteiger partial charge on any atom is -0.256 e. The van der Waals surface area contributed by atoms with E-state index in [1.54, 1.807) is 6.92 Å². The lowest BCUT2D eigenvalue weighted by Gasteiger charge is -1.97. The van der Waals surface area contributed by atoms with E-state index in [1.807, 2.05) is 6.07 Å². The number of sulfone groups is 1. The van der Waals surface area contributed by atoms with Crippen LogP contribution in [0.3, 0.4) is 0 Å². The Labute approximate surface area is 76.5 Å². The van der Waals surface area contributed by atoms with Gasteiger partial charge in [-0.05, 0) is 6.92 Å². The average molecular weight is 199 g/mol. The second-order valence-corrected chi connectivity index (χ2v) is 4.70. The van der Waals surface area contributed by atoms with Gasteiger partial charge in [-0.2, -0.15) is 10.4 Å². The Morgan fingerprint density at radius 2 is 2.08 bits per heavy atom. The van der Waals surface area contributed by atoms with Crippen molar-refractivity contribution in [3.63, 3.8) is 0 Å². The lowest BCUT2D eigenvalue weighted by atomic mass is 10.3. The summed E-state index contributed by atoms with van der Waals surface area (Å²) in [5.74, 6) is 0. The van der Waals surface area contributed by atoms with Gasteiger partial charge in [0.25, 0.3) is 0 Å². The highest BCUT2D eigenvalue weighted by molar-refractivity contribution is 7.90. The van der Waals surface area contributed by atoms with Gasteiger partial charge in [0.2, 0.25) is 0 Å². The van der Waals surface area contributed by atoms with Crippen LogP contribution in [0, 0.1) is 18.3 Å². The first-order chi connectivity index (χ1) is 5.88. The monoisotopic (exact) mass is 199 g/mol. The standard InChI is InChI=1S/C7H9N3O2S/c1-5-6(4-8)7(10(2)9-5)13(3,11)12/h1-3H3. The maximum atomic E-state index is 11.2. The molecule has 70 valence electrons. The molecule has 5 nitrogen and oxygen atoms in total. The van der Waals surface area contributed by atoms with Gasteiger partial charge < -0.3 is 0 Å². The molecular weight excluding hydrogens is 190 g/mol. The van der Waals surface area contributed by atoms with Crippen molar-refractivity contribution >= 4 is 9.84 Å². The Morgan fingerprint density at radius 1 is 1.54 bits per heavy atom. The summed E-state index contributed by atoms with van der Waals surface area (Å²) in [7, 11) is -1.87. The maximum Gasteiger partial charge on any atom is 0.193 e. The fraction of sp³-hybridized carbons (Fsp3) is 0.429. The predicted molar refractivity (Wildman–Crippen MR) is 45.8 cm³/mol. The summed E-state index contributed by atoms with van der Waals surface area (Å²) in [6.45, 7) is 1.60. The van der Waals surface area contributed by atoms with Crippen molar-refractivity contribution in [2.24, 2.45) is 7.05 Å². The van der Waals surface area contributed by atoms with E-state index in [4.69, 9.17) is 5.26 Å². The van der Waals surface area contributed by atoms with Crippen LogP contribution in [0.5, 0.6) is 0 Å². The molecule has 0 N–H and O–H groups in total. The molecule has 0 saturated heterocycles. The fourth-order valence-corrected chi connectivity index (χ4v) is 2.28. The second-order valence-electron chi connectivity index (χ2n) is 2.77. The third-order valence-corrected chi connectivity index (χ3v) is 2.80. The van der Waals surface area contributed by atoms with Gasteiger partial charge in [0, 0.05) is 13.3 Å². The van der Waals surface area contributed by atoms with Crippen LogP contribution in [0.4, 0.5) is 0 Å². The molecule has 1 heterocycles. The number of hydrogen-bond donors (Lipinski definition) is 0. The van der Waals surface area contributed by atoms with E-state index >= 15 is 0 Å². The first-order valence-corrected chi connectivity index (χ1v) is 5.41. The van der Waals surface area contributed by atoms with Gasteiger partial charge in [0.1, 0.15) is 11.6 Å². The summed E-state index contributed by atoms with van der Waals surface area (Å²) in [5.41, 5.74) is 0.565. The summed E-state index contributed by atoms with van der Waals surface area (Å²) in [6.07, 6.45) is 1.06. The van der Waals surface area contributed by atoms with Gasteiger partial charge in [-0.3, -0.25) is 4.68 Å². The van der Waals surface area contributed by atoms with Crippen molar-refractivity contribution in [3.05, 3.63) is 11.3 Å². The van der Waals surface area contributed by atoms with Crippen LogP contribution in [-0.4, -0.2) is 24.5 Å². The van der Waals surface area contributed by atoms with Crippen LogP contribution >= 0.6 is 0 Å². The number of aromatic nitrogens is 2. The molecule has 0 aromatic carbocycles. The Bertz CT molecular complexity index is 479. The zero-order valence-electron chi connectivity index (χ0n) is 7.57. The zero-order valence-corrected chi connectivity index (χ0v) is 8.38. The molecule has 0 unspecified atom stereocenters. The van der Waals surface area contributed by atoms with Crippen LogP contribution in [0.25, 0.3) is 0 Å². The molecule has 1 rings (SSSR count). The Kier molecular flexibility index (Phi) is 2.14. The molecule has 0 fully saturated rings. The van der Waals surface area contributed by atoms with Crippen molar-refractivity contribution in [3.8, 4) is 6.07 Å². The van der Waals surface area contributed by atoms with Gasteiger partial charge >= 0.3 is 0 Å². The summed E-state index contributed by atoms with van der Waals surface area (Å²) in [5, 5.41) is 12.6. The predicted octanol–water partition coefficient (Wildman–Crippen LogP) is 0.00370. The zero-order chi connectivity index (χ0) is 10.2. The lowest BCUT2D eigenvalue weighted by Crippen LogP contribution is -2.06. The summed E-state index contributed by atoms with van der Waals surface area (Å²) in [6, 6.07) is 1.83. The maximum absolute atomic E-state index is 11.2. The highest BCUT2D eigenvalue weighted by Crippen LogP contribution is 2.16. The van der Waals surface area contributed by atoms with Crippen molar-refractivity contribution in [1.29, 1.82) is 5.26 Å². The molecule has 1 aromatic heterocycles. The highest BCUT2D eigenvalue weighted by Gasteiger charge is 2.21. The Balaban J connectivity index is 3.65. The Morgan fingerprint density at radius 3 is 2.38 bits per heavy atom. The van der Waals surface area contributed by atoms with E-state index in [0.717, 1.165) is 6.26 Å². The van der Waals surface area contributed by atoms with Gasteiger partial charge in [0.05, 0.1) is 5.69 Å². The molecule has 0 aliphatic rings. The van der Waals surface area contributed by atoms with Crippen LogP contribution in [0.15, 0.2) is 5.03 Å². The van der Waals surface area contributed by atoms with E-state index in [1.165, 1.54) is 11.7 Å². The van der Waals surface area contributed by atoms with Gasteiger partial charge in [0.15, 0.2) is 14.9 Å². The van der Waals surface area contributed by atoms with Gasteiger partial charge in [-0.15, -0.1) is 0 Å². The van der Waals surface area contributed by atoms with E-state index in [0.29, 0.717) is 5.69 Å². The topological polar surface area (TPSA) is 75.8 Å². The first kappa shape index (κ1) is 9.74. The summed E-state index contributed by atoms with van der Waals surface area (Å²) < 4.78 is 23.7. The third-order valence-electron chi connectivity index (χ3n) is 1.63. The Hall–Kier alpha value is -1.35. The van der Waals surface area contributed by atoms with E-state index in [2.05, 4.69) is 5.10 Å². The molecule has 1 aromatic rings. The number of hydrogen-bond acceptors (Lipinski definition) is 4. The second kappa shape index (κ2) is 2.85. The van der Waals surface area contributed by atoms with Crippen LogP contribution in [-0.2, 0) is 16.9 Å². The molecule has 0 saturated carbocycles. The molecule has 0 radical (unpaired) electrons. The number of nitriles is 1. The van der Waals surface area contributed by atoms with Crippen molar-refractivity contribution in [2.45, 2.75) is 11.9 Å². The van der Waals surface area contributed by atoms with Gasteiger partial charge in [-0.1, -0.05) is 0 Å². The minimum atomic E-state index is -3.38. The molecule has 0 spiro atoms. The quantitative estimate of drug-likeness (QED) is 0.638. The lowest BCUT2D eigenvalue weighted by molar-refractivity contribution is 0.582. The summed E-state index contributed by atoms with van der Waals surface area (Å²) in [4.78, 5) is 0. The van der Waals surface area contributed by atoms with E-state index < -0.39 is 9.84 Å². The van der Waals surface area contributed by atoms with E-state index in [-0.39, 0.29) is 10.6 Å². The van der Waals surface area contributed by atoms with Crippen molar-refractivity contribution < 1.29 is 8.42 Å². The van der Waals surface area contributed by atoms with Crippen molar-refractivity contribution in [1.82, 2.24) is 9.78 Å². The molecule has 0 bridgehead atoms. The number of nitrogens with zero attached hydrogens (tertiary/aromatic N) is 3. The molecule has 13 heavy (non-hydrogen) atoms. The normalized spacial score (nSPS) is 11.2. The van der Waals surface area contributed by atoms with Crippen LogP contribution < -0.4 is 0 Å². The highest BCUT2D eigenvalue weighted by atomic mass is 32.2. The molecule has 0 aliphatic heterocycles. The largest absolute Gasteiger partial charge is 0.256 e.